The lowest BCUT2D eigenvalue weighted by Crippen LogP contribution is -2.43. The van der Waals surface area contributed by atoms with Crippen LogP contribution >= 0.6 is 0 Å². The van der Waals surface area contributed by atoms with Gasteiger partial charge < -0.3 is 9.64 Å². The molecule has 1 heterocycles. The first-order chi connectivity index (χ1) is 10.6. The fourth-order valence-electron chi connectivity index (χ4n) is 2.76. The van der Waals surface area contributed by atoms with Gasteiger partial charge in [-0.15, -0.1) is 0 Å². The van der Waals surface area contributed by atoms with Crippen molar-refractivity contribution in [2.75, 3.05) is 6.54 Å². The minimum absolute atomic E-state index is 0.0635. The van der Waals surface area contributed by atoms with Gasteiger partial charge >= 0.3 is 6.09 Å². The first kappa shape index (κ1) is 13.2. The van der Waals surface area contributed by atoms with E-state index < -0.39 is 12.0 Å². The van der Waals surface area contributed by atoms with Gasteiger partial charge in [-0.25, -0.2) is 4.79 Å². The predicted molar refractivity (Wildman–Crippen MR) is 85.1 cm³/mol. The van der Waals surface area contributed by atoms with Crippen LogP contribution in [0.2, 0.25) is 0 Å². The number of benzene rings is 1. The van der Waals surface area contributed by atoms with E-state index in [2.05, 4.69) is 0 Å². The van der Waals surface area contributed by atoms with E-state index in [-0.39, 0.29) is 18.1 Å². The standard InChI is InChI=1S/C18H27NO2/c1-5-14-11-12-19(17(20)21-18(2,3)4)16(13-14)15-9-7-6-8-10-15/h6-10,14,16H,5,11-13H2,1-4H3/i5D2. The quantitative estimate of drug-likeness (QED) is 0.784. The van der Waals surface area contributed by atoms with Crippen LogP contribution in [0.25, 0.3) is 0 Å². The van der Waals surface area contributed by atoms with E-state index >= 15 is 0 Å². The zero-order valence-corrected chi connectivity index (χ0v) is 13.4. The summed E-state index contributed by atoms with van der Waals surface area (Å²) in [6.07, 6.45) is -0.284. The van der Waals surface area contributed by atoms with Crippen LogP contribution in [0.4, 0.5) is 4.79 Å². The first-order valence-corrected chi connectivity index (χ1v) is 7.62. The Morgan fingerprint density at radius 2 is 2.05 bits per heavy atom. The number of nitrogens with zero attached hydrogens (tertiary/aromatic N) is 1. The van der Waals surface area contributed by atoms with Crippen LogP contribution in [-0.4, -0.2) is 23.1 Å². The summed E-state index contributed by atoms with van der Waals surface area (Å²) in [4.78, 5) is 14.3. The van der Waals surface area contributed by atoms with E-state index in [0.29, 0.717) is 19.4 Å². The van der Waals surface area contributed by atoms with Crippen molar-refractivity contribution < 1.29 is 12.3 Å². The van der Waals surface area contributed by atoms with Gasteiger partial charge in [0.1, 0.15) is 5.60 Å². The molecule has 2 rings (SSSR count). The Hall–Kier alpha value is -1.51. The van der Waals surface area contributed by atoms with Crippen LogP contribution in [0, 0.1) is 5.92 Å². The van der Waals surface area contributed by atoms with Crippen molar-refractivity contribution in [1.82, 2.24) is 4.90 Å². The first-order valence-electron chi connectivity index (χ1n) is 8.62. The number of likely N-dealkylation sites (tertiary alicyclic amines) is 1. The SMILES string of the molecule is [2H]C([2H])(C)C1CCN(C(=O)OC(C)(C)C)C(c2ccccc2)C1. The fraction of sp³-hybridized carbons (Fsp3) is 0.611. The van der Waals surface area contributed by atoms with E-state index in [1.807, 2.05) is 51.1 Å². The smallest absolute Gasteiger partial charge is 0.410 e. The lowest BCUT2D eigenvalue weighted by molar-refractivity contribution is 0.00394. The summed E-state index contributed by atoms with van der Waals surface area (Å²) in [7, 11) is 0. The number of amides is 1. The lowest BCUT2D eigenvalue weighted by atomic mass is 9.86. The molecule has 0 saturated carbocycles. The second kappa shape index (κ2) is 6.50. The van der Waals surface area contributed by atoms with Crippen LogP contribution in [0.15, 0.2) is 30.3 Å². The third-order valence-corrected chi connectivity index (χ3v) is 3.82. The number of piperidine rings is 1. The van der Waals surface area contributed by atoms with Gasteiger partial charge in [0, 0.05) is 9.29 Å². The van der Waals surface area contributed by atoms with Crippen molar-refractivity contribution >= 4 is 6.09 Å². The third-order valence-electron chi connectivity index (χ3n) is 3.82. The fourth-order valence-corrected chi connectivity index (χ4v) is 2.76. The second-order valence-electron chi connectivity index (χ2n) is 6.61. The van der Waals surface area contributed by atoms with Crippen molar-refractivity contribution in [1.29, 1.82) is 0 Å². The van der Waals surface area contributed by atoms with E-state index in [1.54, 1.807) is 11.8 Å². The van der Waals surface area contributed by atoms with Crippen LogP contribution < -0.4 is 0 Å². The average Bonchev–Trinajstić information content (AvgIpc) is 2.45. The van der Waals surface area contributed by atoms with Gasteiger partial charge in [-0.1, -0.05) is 43.6 Å². The Balaban J connectivity index is 2.25. The molecule has 1 saturated heterocycles. The second-order valence-corrected chi connectivity index (χ2v) is 6.61. The molecule has 1 aliphatic rings. The van der Waals surface area contributed by atoms with Gasteiger partial charge in [0.2, 0.25) is 0 Å². The summed E-state index contributed by atoms with van der Waals surface area (Å²) in [5, 5.41) is 0. The van der Waals surface area contributed by atoms with Gasteiger partial charge in [-0.3, -0.25) is 0 Å². The molecule has 0 spiro atoms. The molecule has 1 fully saturated rings. The Bertz CT molecular complexity index is 534. The summed E-state index contributed by atoms with van der Waals surface area (Å²) in [5.41, 5.74) is 0.501. The molecule has 0 bridgehead atoms. The number of ether oxygens (including phenoxy) is 1. The molecular formula is C18H27NO2. The maximum Gasteiger partial charge on any atom is 0.410 e. The number of hydrogen-bond donors (Lipinski definition) is 0. The zero-order chi connectivity index (χ0) is 17.3. The van der Waals surface area contributed by atoms with E-state index in [4.69, 9.17) is 7.48 Å². The lowest BCUT2D eigenvalue weighted by Gasteiger charge is -2.40. The zero-order valence-electron chi connectivity index (χ0n) is 15.4. The number of hydrogen-bond acceptors (Lipinski definition) is 2. The highest BCUT2D eigenvalue weighted by Gasteiger charge is 2.34. The maximum atomic E-state index is 12.6. The molecule has 2 unspecified atom stereocenters. The van der Waals surface area contributed by atoms with Gasteiger partial charge in [-0.05, 0) is 45.1 Å². The average molecular weight is 291 g/mol. The monoisotopic (exact) mass is 291 g/mol. The van der Waals surface area contributed by atoms with Gasteiger partial charge in [-0.2, -0.15) is 0 Å². The van der Waals surface area contributed by atoms with Crippen LogP contribution in [0.1, 0.15) is 61.3 Å². The molecule has 0 aromatic heterocycles. The number of rotatable bonds is 2. The van der Waals surface area contributed by atoms with E-state index in [9.17, 15) is 4.79 Å². The molecule has 0 aliphatic carbocycles. The van der Waals surface area contributed by atoms with E-state index in [0.717, 1.165) is 5.56 Å². The highest BCUT2D eigenvalue weighted by Crippen LogP contribution is 2.36. The molecule has 21 heavy (non-hydrogen) atoms. The molecule has 1 aromatic rings. The molecule has 1 aliphatic heterocycles. The largest absolute Gasteiger partial charge is 0.444 e. The van der Waals surface area contributed by atoms with Gasteiger partial charge in [0.15, 0.2) is 0 Å². The molecule has 1 aromatic carbocycles. The molecule has 3 heteroatoms. The Morgan fingerprint density at radius 3 is 2.62 bits per heavy atom. The Kier molecular flexibility index (Phi) is 4.08. The van der Waals surface area contributed by atoms with Crippen LogP contribution in [0.5, 0.6) is 0 Å². The Labute approximate surface area is 131 Å². The third kappa shape index (κ3) is 4.23. The predicted octanol–water partition coefficient (Wildman–Crippen LogP) is 4.78. The molecule has 116 valence electrons. The van der Waals surface area contributed by atoms with Gasteiger partial charge in [0.25, 0.3) is 0 Å². The topological polar surface area (TPSA) is 29.5 Å². The molecule has 1 amide bonds. The molecule has 3 nitrogen and oxygen atoms in total. The van der Waals surface area contributed by atoms with E-state index in [1.165, 1.54) is 0 Å². The normalized spacial score (nSPS) is 25.0. The number of carbonyl (C=O) groups excluding carboxylic acids is 1. The van der Waals surface area contributed by atoms with Crippen molar-refractivity contribution in [3.8, 4) is 0 Å². The summed E-state index contributed by atoms with van der Waals surface area (Å²) in [6.45, 7) is 7.73. The van der Waals surface area contributed by atoms with Crippen LogP contribution in [0.3, 0.4) is 0 Å². The minimum Gasteiger partial charge on any atom is -0.444 e. The number of carbonyl (C=O) groups is 1. The molecule has 0 N–H and O–H groups in total. The van der Waals surface area contributed by atoms with Crippen molar-refractivity contribution in [2.24, 2.45) is 5.92 Å². The maximum absolute atomic E-state index is 12.6. The minimum atomic E-state index is -1.24. The molecule has 0 radical (unpaired) electrons. The van der Waals surface area contributed by atoms with Crippen molar-refractivity contribution in [2.45, 2.75) is 58.6 Å². The van der Waals surface area contributed by atoms with Crippen molar-refractivity contribution in [3.63, 3.8) is 0 Å². The summed E-state index contributed by atoms with van der Waals surface area (Å²) >= 11 is 0. The highest BCUT2D eigenvalue weighted by atomic mass is 16.6. The molecule has 2 atom stereocenters. The Morgan fingerprint density at radius 1 is 1.38 bits per heavy atom. The van der Waals surface area contributed by atoms with Crippen molar-refractivity contribution in [3.05, 3.63) is 35.9 Å². The van der Waals surface area contributed by atoms with Crippen LogP contribution in [-0.2, 0) is 4.74 Å². The summed E-state index contributed by atoms with van der Waals surface area (Å²) < 4.78 is 21.6. The highest BCUT2D eigenvalue weighted by molar-refractivity contribution is 5.69. The molecular weight excluding hydrogens is 262 g/mol. The summed E-state index contributed by atoms with van der Waals surface area (Å²) in [6, 6.07) is 9.70. The summed E-state index contributed by atoms with van der Waals surface area (Å²) in [5.74, 6) is -0.0635. The van der Waals surface area contributed by atoms with Gasteiger partial charge in [0.05, 0.1) is 6.04 Å².